The predicted octanol–water partition coefficient (Wildman–Crippen LogP) is 1.34. The summed E-state index contributed by atoms with van der Waals surface area (Å²) in [5.74, 6) is 0. The van der Waals surface area contributed by atoms with Crippen LogP contribution in [0.5, 0.6) is 0 Å². The van der Waals surface area contributed by atoms with E-state index < -0.39 is 0 Å². The molecule has 0 nitrogen and oxygen atoms in total. The van der Waals surface area contributed by atoms with Crippen molar-refractivity contribution in [2.24, 2.45) is 0 Å². The molecule has 0 aliphatic rings. The van der Waals surface area contributed by atoms with E-state index in [2.05, 4.69) is 0 Å². The van der Waals surface area contributed by atoms with Gasteiger partial charge in [-0.2, -0.15) is 0 Å². The molecule has 4 heavy (non-hydrogen) atoms. The summed E-state index contributed by atoms with van der Waals surface area (Å²) in [6, 6.07) is 0. The van der Waals surface area contributed by atoms with Crippen molar-refractivity contribution in [1.29, 1.82) is 0 Å². The van der Waals surface area contributed by atoms with Gasteiger partial charge in [-0.15, -0.1) is 0 Å². The molecule has 0 saturated carbocycles. The van der Waals surface area contributed by atoms with Crippen LogP contribution >= 0.6 is 19.8 Å². The second-order valence-corrected chi connectivity index (χ2v) is 0. The minimum atomic E-state index is 0. The Morgan fingerprint density at radius 3 is 0.750 bits per heavy atom. The van der Waals surface area contributed by atoms with Gasteiger partial charge in [0.2, 0.25) is 0 Å². The van der Waals surface area contributed by atoms with Gasteiger partial charge < -0.3 is 19.8 Å². The summed E-state index contributed by atoms with van der Waals surface area (Å²) in [7, 11) is 0. The molecule has 0 N–H and O–H groups in total. The summed E-state index contributed by atoms with van der Waals surface area (Å²) < 4.78 is 0. The van der Waals surface area contributed by atoms with E-state index in [0.29, 0.717) is 0 Å². The summed E-state index contributed by atoms with van der Waals surface area (Å²) in [6.45, 7) is 0. The smallest absolute Gasteiger partial charge is 3.00 e. The normalized spacial score (nSPS) is 0. The van der Waals surface area contributed by atoms with Crippen molar-refractivity contribution in [2.45, 2.75) is 0 Å². The molecule has 25 valence electrons. The first kappa shape index (κ1) is 38.8. The third kappa shape index (κ3) is 9.06. The van der Waals surface area contributed by atoms with Gasteiger partial charge in [0.05, 0.1) is 0 Å². The van der Waals surface area contributed by atoms with Crippen LogP contribution in [-0.2, 0) is 17.1 Å². The molecule has 0 atom stereocenters. The van der Waals surface area contributed by atoms with E-state index in [4.69, 9.17) is 0 Å². The van der Waals surface area contributed by atoms with Crippen LogP contribution in [0.4, 0.5) is 0 Å². The summed E-state index contributed by atoms with van der Waals surface area (Å²) in [5, 5.41) is 0. The Morgan fingerprint density at radius 2 is 0.750 bits per heavy atom. The average molecular weight is 198 g/mol. The van der Waals surface area contributed by atoms with Crippen molar-refractivity contribution in [1.82, 2.24) is 0 Å². The first-order chi connectivity index (χ1) is 0. The van der Waals surface area contributed by atoms with E-state index in [1.807, 2.05) is 0 Å². The van der Waals surface area contributed by atoms with E-state index in [0.717, 1.165) is 0 Å². The van der Waals surface area contributed by atoms with Crippen LogP contribution in [-0.4, -0.2) is 17.6 Å². The number of rotatable bonds is 0. The van der Waals surface area contributed by atoms with Crippen LogP contribution in [0, 0.1) is 0 Å². The molecule has 0 spiro atoms. The van der Waals surface area contributed by atoms with E-state index in [1.54, 1.807) is 0 Å². The zero-order chi connectivity index (χ0) is 0. The molecule has 4 heteroatoms. The molecule has 0 aliphatic carbocycles. The minimum absolute atomic E-state index is 0. The van der Waals surface area contributed by atoms with Gasteiger partial charge in [-0.3, -0.25) is 0 Å². The molecule has 0 heterocycles. The Kier molecular flexibility index (Phi) is 199. The second-order valence-electron chi connectivity index (χ2n) is 0. The average Bonchev–Trinajstić information content (AvgIpc) is 0. The largest absolute Gasteiger partial charge is 4.00 e. The molecular formula is CuGeP2. The van der Waals surface area contributed by atoms with Crippen molar-refractivity contribution in [3.8, 4) is 0 Å². The van der Waals surface area contributed by atoms with Gasteiger partial charge >= 0.3 is 34.7 Å². The molecule has 0 unspecified atom stereocenters. The van der Waals surface area contributed by atoms with Crippen molar-refractivity contribution in [3.63, 3.8) is 0 Å². The first-order valence-corrected chi connectivity index (χ1v) is 0. The Hall–Kier alpha value is 1.92. The van der Waals surface area contributed by atoms with Gasteiger partial charge in [-0.25, -0.2) is 0 Å². The van der Waals surface area contributed by atoms with Crippen molar-refractivity contribution in [3.05, 3.63) is 0 Å². The topological polar surface area (TPSA) is 0 Å². The number of hydrogen-bond acceptors (Lipinski definition) is 0. The predicted molar refractivity (Wildman–Crippen MR) is 19.6 cm³/mol. The third-order valence-electron chi connectivity index (χ3n) is 0. The maximum absolute atomic E-state index is 0. The van der Waals surface area contributed by atoms with E-state index >= 15 is 0 Å². The summed E-state index contributed by atoms with van der Waals surface area (Å²) in [4.78, 5) is 0. The van der Waals surface area contributed by atoms with Crippen LogP contribution in [0.1, 0.15) is 0 Å². The Balaban J connectivity index is 0. The van der Waals surface area contributed by atoms with Crippen LogP contribution in [0.2, 0.25) is 0 Å². The molecule has 0 bridgehead atoms. The summed E-state index contributed by atoms with van der Waals surface area (Å²) in [5.41, 5.74) is 0. The van der Waals surface area contributed by atoms with Gasteiger partial charge in [0, 0.05) is 0 Å². The summed E-state index contributed by atoms with van der Waals surface area (Å²) in [6.07, 6.45) is 0. The molecule has 0 aromatic rings. The summed E-state index contributed by atoms with van der Waals surface area (Å²) >= 11 is 0. The monoisotopic (exact) mass is 199 g/mol. The van der Waals surface area contributed by atoms with Gasteiger partial charge in [0.25, 0.3) is 0 Å². The zero-order valence-electron chi connectivity index (χ0n) is 1.70. The molecular weight excluding hydrogens is 198 g/mol. The Labute approximate surface area is 54.6 Å². The standard InChI is InChI=1S/Cu.Ge.2P/q+2;+4;2*-3. The Bertz CT molecular complexity index is 6.00. The van der Waals surface area contributed by atoms with Gasteiger partial charge in [-0.05, 0) is 0 Å². The van der Waals surface area contributed by atoms with Gasteiger partial charge in [0.1, 0.15) is 0 Å². The van der Waals surface area contributed by atoms with Crippen LogP contribution in [0.3, 0.4) is 0 Å². The fourth-order valence-corrected chi connectivity index (χ4v) is 0. The van der Waals surface area contributed by atoms with E-state index in [-0.39, 0.29) is 54.5 Å². The van der Waals surface area contributed by atoms with E-state index in [9.17, 15) is 0 Å². The molecule has 1 radical (unpaired) electrons. The van der Waals surface area contributed by atoms with Gasteiger partial charge in [0.15, 0.2) is 0 Å². The van der Waals surface area contributed by atoms with Crippen molar-refractivity contribution in [2.75, 3.05) is 0 Å². The van der Waals surface area contributed by atoms with Crippen LogP contribution in [0.25, 0.3) is 0 Å². The molecule has 0 fully saturated rings. The molecule has 0 rings (SSSR count). The molecule has 0 aliphatic heterocycles. The maximum Gasteiger partial charge on any atom is 4.00 e. The zero-order valence-corrected chi connectivity index (χ0v) is 6.52. The molecule has 0 aromatic heterocycles. The fourth-order valence-electron chi connectivity index (χ4n) is 0. The molecule has 0 saturated heterocycles. The van der Waals surface area contributed by atoms with Crippen molar-refractivity contribution >= 4 is 37.4 Å². The first-order valence-electron chi connectivity index (χ1n) is 0. The third-order valence-corrected chi connectivity index (χ3v) is 0. The molecule has 0 amide bonds. The van der Waals surface area contributed by atoms with E-state index in [1.165, 1.54) is 0 Å². The minimum Gasteiger partial charge on any atom is -3.00 e. The van der Waals surface area contributed by atoms with Crippen molar-refractivity contribution < 1.29 is 17.1 Å². The van der Waals surface area contributed by atoms with Crippen LogP contribution < -0.4 is 0 Å². The number of hydrogen-bond donors (Lipinski definition) is 0. The second kappa shape index (κ2) is 20.5. The fraction of sp³-hybridized carbons (Fsp3) is 0. The maximum atomic E-state index is 0. The SMILES string of the molecule is [Cu+2].[Ge+4].[P-3].[P-3]. The quantitative estimate of drug-likeness (QED) is 0.407. The molecule has 0 aromatic carbocycles. The Morgan fingerprint density at radius 1 is 0.750 bits per heavy atom. The van der Waals surface area contributed by atoms with Crippen LogP contribution in [0.15, 0.2) is 0 Å². The van der Waals surface area contributed by atoms with Gasteiger partial charge in [-0.1, -0.05) is 0 Å².